The minimum Gasteiger partial charge on any atom is -0.357 e. The zero-order valence-corrected chi connectivity index (χ0v) is 20.1. The van der Waals surface area contributed by atoms with Gasteiger partial charge in [-0.1, -0.05) is 30.3 Å². The lowest BCUT2D eigenvalue weighted by molar-refractivity contribution is 0.519. The Morgan fingerprint density at radius 3 is 1.82 bits per heavy atom. The van der Waals surface area contributed by atoms with Gasteiger partial charge in [0, 0.05) is 44.1 Å². The maximum absolute atomic E-state index is 8.23. The fraction of sp³-hybridized carbons (Fsp3) is 0.296. The predicted octanol–water partition coefficient (Wildman–Crippen LogP) is 5.60. The van der Waals surface area contributed by atoms with E-state index in [1.165, 1.54) is 25.7 Å². The minimum absolute atomic E-state index is 0. The molecule has 4 heterocycles. The smallest absolute Gasteiger partial charge is 0.137 e. The van der Waals surface area contributed by atoms with Crippen molar-refractivity contribution in [2.75, 3.05) is 26.2 Å². The first-order valence-electron chi connectivity index (χ1n) is 11.8. The van der Waals surface area contributed by atoms with Gasteiger partial charge in [-0.25, -0.2) is 4.98 Å². The van der Waals surface area contributed by atoms with Crippen LogP contribution in [0.3, 0.4) is 0 Å². The molecule has 0 spiro atoms. The van der Waals surface area contributed by atoms with Crippen molar-refractivity contribution in [1.29, 1.82) is 10.8 Å². The summed E-state index contributed by atoms with van der Waals surface area (Å²) in [7, 11) is 0. The zero-order chi connectivity index (χ0) is 22.6. The number of halogens is 1. The molecule has 0 amide bonds. The van der Waals surface area contributed by atoms with Crippen molar-refractivity contribution in [3.05, 3.63) is 72.1 Å². The molecular formula is C27H31ClN6. The molecule has 2 N–H and O–H groups in total. The lowest BCUT2D eigenvalue weighted by Gasteiger charge is -2.14. The first-order chi connectivity index (χ1) is 16.2. The maximum Gasteiger partial charge on any atom is 0.137 e. The summed E-state index contributed by atoms with van der Waals surface area (Å²) in [6.45, 7) is 3.97. The molecule has 0 bridgehead atoms. The number of fused-ring (bicyclic) bond motifs is 1. The van der Waals surface area contributed by atoms with Crippen LogP contribution >= 0.6 is 12.4 Å². The van der Waals surface area contributed by atoms with Crippen molar-refractivity contribution in [2.24, 2.45) is 0 Å². The number of benzene rings is 1. The average molecular weight is 475 g/mol. The van der Waals surface area contributed by atoms with E-state index in [1.54, 1.807) is 0 Å². The van der Waals surface area contributed by atoms with Gasteiger partial charge in [-0.05, 0) is 67.2 Å². The molecule has 2 saturated heterocycles. The molecule has 0 aliphatic carbocycles. The molecule has 5 rings (SSSR count). The molecule has 2 aromatic heterocycles. The number of nitrogens with one attached hydrogen (secondary N) is 2. The molecule has 2 aliphatic rings. The van der Waals surface area contributed by atoms with Gasteiger partial charge in [0.2, 0.25) is 0 Å². The second kappa shape index (κ2) is 10.7. The molecule has 0 saturated carbocycles. The van der Waals surface area contributed by atoms with E-state index in [0.29, 0.717) is 11.7 Å². The van der Waals surface area contributed by atoms with Crippen molar-refractivity contribution >= 4 is 41.9 Å². The van der Waals surface area contributed by atoms with Crippen LogP contribution in [0.5, 0.6) is 0 Å². The van der Waals surface area contributed by atoms with Gasteiger partial charge in [0.25, 0.3) is 0 Å². The molecule has 0 radical (unpaired) electrons. The number of amidine groups is 2. The van der Waals surface area contributed by atoms with Crippen LogP contribution in [0, 0.1) is 10.8 Å². The fourth-order valence-corrected chi connectivity index (χ4v) is 4.49. The van der Waals surface area contributed by atoms with E-state index in [4.69, 9.17) is 15.8 Å². The summed E-state index contributed by atoms with van der Waals surface area (Å²) in [4.78, 5) is 9.02. The van der Waals surface area contributed by atoms with Crippen LogP contribution in [0.4, 0.5) is 0 Å². The third-order valence-corrected chi connectivity index (χ3v) is 6.44. The fourth-order valence-electron chi connectivity index (χ4n) is 4.49. The van der Waals surface area contributed by atoms with Crippen LogP contribution in [0.1, 0.15) is 36.8 Å². The minimum atomic E-state index is 0. The van der Waals surface area contributed by atoms with Gasteiger partial charge in [-0.15, -0.1) is 12.4 Å². The maximum atomic E-state index is 8.23. The SMILES string of the molecule is Cl.N=C(C=Cc1ccc(-c2cn3cc(C=CC(=N)N4CCCC4)ccc3n2)cc1)N1CCCC1. The van der Waals surface area contributed by atoms with Crippen molar-refractivity contribution in [1.82, 2.24) is 19.2 Å². The van der Waals surface area contributed by atoms with E-state index in [2.05, 4.69) is 40.3 Å². The van der Waals surface area contributed by atoms with Crippen LogP contribution < -0.4 is 0 Å². The topological polar surface area (TPSA) is 71.5 Å². The third-order valence-electron chi connectivity index (χ3n) is 6.44. The van der Waals surface area contributed by atoms with E-state index in [-0.39, 0.29) is 12.4 Å². The first kappa shape index (κ1) is 23.8. The summed E-state index contributed by atoms with van der Waals surface area (Å²) in [5.74, 6) is 1.18. The highest BCUT2D eigenvalue weighted by Gasteiger charge is 2.13. The summed E-state index contributed by atoms with van der Waals surface area (Å²) in [6, 6.07) is 12.4. The Bertz CT molecular complexity index is 1210. The van der Waals surface area contributed by atoms with Gasteiger partial charge in [-0.3, -0.25) is 10.8 Å². The highest BCUT2D eigenvalue weighted by molar-refractivity contribution is 5.94. The van der Waals surface area contributed by atoms with Crippen molar-refractivity contribution < 1.29 is 0 Å². The molecule has 2 fully saturated rings. The molecule has 2 aliphatic heterocycles. The molecule has 6 nitrogen and oxygen atoms in total. The van der Waals surface area contributed by atoms with E-state index < -0.39 is 0 Å². The second-order valence-electron chi connectivity index (χ2n) is 8.80. The summed E-state index contributed by atoms with van der Waals surface area (Å²) >= 11 is 0. The number of imidazole rings is 1. The number of hydrogen-bond donors (Lipinski definition) is 2. The highest BCUT2D eigenvalue weighted by Crippen LogP contribution is 2.21. The number of likely N-dealkylation sites (tertiary alicyclic amines) is 2. The summed E-state index contributed by atoms with van der Waals surface area (Å²) < 4.78 is 2.04. The molecule has 3 aromatic rings. The summed E-state index contributed by atoms with van der Waals surface area (Å²) in [5, 5.41) is 16.4. The normalized spacial score (nSPS) is 16.1. The van der Waals surface area contributed by atoms with Gasteiger partial charge < -0.3 is 14.2 Å². The molecule has 0 unspecified atom stereocenters. The Hall–Kier alpha value is -3.38. The van der Waals surface area contributed by atoms with Gasteiger partial charge in [-0.2, -0.15) is 0 Å². The molecule has 7 heteroatoms. The number of hydrogen-bond acceptors (Lipinski definition) is 3. The van der Waals surface area contributed by atoms with Gasteiger partial charge in [0.1, 0.15) is 17.3 Å². The molecule has 1 aromatic carbocycles. The molecule has 34 heavy (non-hydrogen) atoms. The Kier molecular flexibility index (Phi) is 7.48. The molecular weight excluding hydrogens is 444 g/mol. The number of nitrogens with zero attached hydrogens (tertiary/aromatic N) is 4. The van der Waals surface area contributed by atoms with Crippen molar-refractivity contribution in [3.63, 3.8) is 0 Å². The standard InChI is InChI=1S/C27H30N6.ClH/c28-25(31-15-1-2-16-31)12-7-21-5-10-23(11-6-21)24-20-33-19-22(9-14-27(33)30-24)8-13-26(29)32-17-3-4-18-32;/h5-14,19-20,28-29H,1-4,15-18H2;1H. The zero-order valence-electron chi connectivity index (χ0n) is 19.3. The monoisotopic (exact) mass is 474 g/mol. The van der Waals surface area contributed by atoms with Crippen LogP contribution in [0.25, 0.3) is 29.1 Å². The van der Waals surface area contributed by atoms with Crippen LogP contribution in [-0.4, -0.2) is 57.0 Å². The van der Waals surface area contributed by atoms with E-state index in [1.807, 2.05) is 47.0 Å². The number of aromatic nitrogens is 2. The van der Waals surface area contributed by atoms with E-state index in [9.17, 15) is 0 Å². The summed E-state index contributed by atoms with van der Waals surface area (Å²) in [5.41, 5.74) is 5.04. The lowest BCUT2D eigenvalue weighted by Crippen LogP contribution is -2.24. The third kappa shape index (κ3) is 5.39. The highest BCUT2D eigenvalue weighted by atomic mass is 35.5. The lowest BCUT2D eigenvalue weighted by atomic mass is 10.1. The Morgan fingerprint density at radius 1 is 0.706 bits per heavy atom. The molecule has 176 valence electrons. The quantitative estimate of drug-likeness (QED) is 0.373. The van der Waals surface area contributed by atoms with Gasteiger partial charge in [0.05, 0.1) is 5.69 Å². The van der Waals surface area contributed by atoms with Gasteiger partial charge >= 0.3 is 0 Å². The number of rotatable bonds is 5. The first-order valence-corrected chi connectivity index (χ1v) is 11.8. The Balaban J connectivity index is 0.00000274. The summed E-state index contributed by atoms with van der Waals surface area (Å²) in [6.07, 6.45) is 16.6. The van der Waals surface area contributed by atoms with Crippen molar-refractivity contribution in [3.8, 4) is 11.3 Å². The second-order valence-corrected chi connectivity index (χ2v) is 8.80. The predicted molar refractivity (Wildman–Crippen MR) is 143 cm³/mol. The largest absolute Gasteiger partial charge is 0.357 e. The van der Waals surface area contributed by atoms with Crippen molar-refractivity contribution in [2.45, 2.75) is 25.7 Å². The Labute approximate surface area is 207 Å². The van der Waals surface area contributed by atoms with Gasteiger partial charge in [0.15, 0.2) is 0 Å². The molecule has 0 atom stereocenters. The van der Waals surface area contributed by atoms with E-state index in [0.717, 1.165) is 54.2 Å². The Morgan fingerprint density at radius 2 is 1.24 bits per heavy atom. The average Bonchev–Trinajstić information content (AvgIpc) is 3.62. The van der Waals surface area contributed by atoms with Crippen LogP contribution in [0.2, 0.25) is 0 Å². The van der Waals surface area contributed by atoms with E-state index >= 15 is 0 Å². The van der Waals surface area contributed by atoms with Crippen LogP contribution in [0.15, 0.2) is 60.9 Å². The van der Waals surface area contributed by atoms with Crippen LogP contribution in [-0.2, 0) is 0 Å². The number of pyridine rings is 1.